The molecule has 1 aliphatic heterocycles. The number of anilines is 2. The standard InChI is InChI=1S/C31H27NO6.C21H18O6.C10H13NO2/c1-3-36-25(33)18-20-14-16-22(17-15-20)32-30(34)26-27(31(32)35)29(38-19-21-10-6-5-7-11-21)24-13-9-8-12-23(24)28(26)37-4-2;1-2-26-18-14-10-6-7-11-15(14)19(17(21(24)25)16(18)20(22)23)27-12-13-8-4-3-5-9-13;1-2-13-10(12)7-8-3-5-9(11)6-4-8/h5-17H,3-4,18-19H2,1-2H3;3-11H,2,12H2,1H3,(H,22,23)(H,24,25);3-6H,2,7,11H2,1H3. The van der Waals surface area contributed by atoms with E-state index in [-0.39, 0.29) is 60.8 Å². The van der Waals surface area contributed by atoms with E-state index < -0.39 is 34.9 Å². The number of ether oxygens (including phenoxy) is 6. The summed E-state index contributed by atoms with van der Waals surface area (Å²) in [6.45, 7) is 8.68. The van der Waals surface area contributed by atoms with Crippen molar-refractivity contribution in [2.75, 3.05) is 37.1 Å². The molecule has 4 N–H and O–H groups in total. The van der Waals surface area contributed by atoms with Gasteiger partial charge < -0.3 is 44.4 Å². The molecular formula is C62H58N2O14. The molecule has 0 spiro atoms. The summed E-state index contributed by atoms with van der Waals surface area (Å²) in [5, 5.41) is 21.8. The normalized spacial score (nSPS) is 11.4. The molecule has 0 aromatic heterocycles. The van der Waals surface area contributed by atoms with Gasteiger partial charge in [-0.25, -0.2) is 14.5 Å². The van der Waals surface area contributed by atoms with Gasteiger partial charge in [0.1, 0.15) is 47.3 Å². The summed E-state index contributed by atoms with van der Waals surface area (Å²) in [6, 6.07) is 47.1. The summed E-state index contributed by atoms with van der Waals surface area (Å²) in [5.74, 6) is -3.52. The lowest BCUT2D eigenvalue weighted by Crippen LogP contribution is -2.29. The number of benzene rings is 8. The van der Waals surface area contributed by atoms with Crippen molar-refractivity contribution >= 4 is 68.6 Å². The summed E-state index contributed by atoms with van der Waals surface area (Å²) in [4.78, 5) is 75.6. The number of aromatic carboxylic acids is 2. The highest BCUT2D eigenvalue weighted by molar-refractivity contribution is 6.38. The maximum Gasteiger partial charge on any atom is 0.340 e. The number of imide groups is 1. The summed E-state index contributed by atoms with van der Waals surface area (Å²) in [6.07, 6.45) is 0.418. The number of nitrogens with two attached hydrogens (primary N) is 1. The van der Waals surface area contributed by atoms with E-state index in [1.807, 2.05) is 104 Å². The van der Waals surface area contributed by atoms with E-state index in [1.54, 1.807) is 81.4 Å². The lowest BCUT2D eigenvalue weighted by atomic mass is 9.97. The van der Waals surface area contributed by atoms with Crippen molar-refractivity contribution in [3.05, 3.63) is 202 Å². The molecule has 0 radical (unpaired) electrons. The third-order valence-electron chi connectivity index (χ3n) is 12.0. The SMILES string of the molecule is CCOC(=O)Cc1ccc(N)cc1.CCOC(=O)Cc1ccc(N2C(=O)c3c(c(OCc4ccccc4)c4ccccc4c3OCC)C2=O)cc1.CCOc1c(C(=O)O)c(C(=O)O)c(OCc2ccccc2)c2ccccc12. The highest BCUT2D eigenvalue weighted by atomic mass is 16.5. The predicted octanol–water partition coefficient (Wildman–Crippen LogP) is 11.3. The van der Waals surface area contributed by atoms with Gasteiger partial charge in [0, 0.05) is 27.2 Å². The summed E-state index contributed by atoms with van der Waals surface area (Å²) in [7, 11) is 0. The number of hydrogen-bond acceptors (Lipinski definition) is 13. The second-order valence-corrected chi connectivity index (χ2v) is 17.2. The Balaban J connectivity index is 0.000000191. The second-order valence-electron chi connectivity index (χ2n) is 17.2. The lowest BCUT2D eigenvalue weighted by molar-refractivity contribution is -0.143. The van der Waals surface area contributed by atoms with Crippen molar-refractivity contribution in [1.29, 1.82) is 0 Å². The van der Waals surface area contributed by atoms with Gasteiger partial charge in [0.15, 0.2) is 0 Å². The summed E-state index contributed by atoms with van der Waals surface area (Å²) >= 11 is 0. The minimum absolute atomic E-state index is 0.0165. The number of fused-ring (bicyclic) bond motifs is 3. The Morgan fingerprint density at radius 2 is 0.769 bits per heavy atom. The molecule has 9 rings (SSSR count). The number of esters is 2. The fourth-order valence-corrected chi connectivity index (χ4v) is 8.62. The molecule has 0 saturated carbocycles. The van der Waals surface area contributed by atoms with Crippen LogP contribution < -0.4 is 29.6 Å². The Hall–Kier alpha value is -9.70. The molecule has 16 nitrogen and oxygen atoms in total. The first-order chi connectivity index (χ1) is 37.8. The van der Waals surface area contributed by atoms with Crippen molar-refractivity contribution in [3.63, 3.8) is 0 Å². The Morgan fingerprint density at radius 1 is 0.423 bits per heavy atom. The molecule has 16 heteroatoms. The zero-order chi connectivity index (χ0) is 55.7. The number of amides is 2. The first-order valence-electron chi connectivity index (χ1n) is 25.2. The number of nitrogen functional groups attached to an aromatic ring is 1. The molecule has 0 unspecified atom stereocenters. The van der Waals surface area contributed by atoms with E-state index in [4.69, 9.17) is 34.2 Å². The molecule has 0 aliphatic carbocycles. The fraction of sp³-hybridized carbons (Fsp3) is 0.194. The van der Waals surface area contributed by atoms with Crippen molar-refractivity contribution in [3.8, 4) is 23.0 Å². The van der Waals surface area contributed by atoms with Crippen LogP contribution in [0.5, 0.6) is 23.0 Å². The van der Waals surface area contributed by atoms with Gasteiger partial charge >= 0.3 is 23.9 Å². The minimum Gasteiger partial charge on any atom is -0.492 e. The maximum atomic E-state index is 13.9. The van der Waals surface area contributed by atoms with Crippen LogP contribution in [0.15, 0.2) is 158 Å². The Bertz CT molecular complexity index is 3440. The number of carbonyl (C=O) groups excluding carboxylic acids is 4. The minimum atomic E-state index is -1.39. The van der Waals surface area contributed by atoms with Gasteiger partial charge in [0.25, 0.3) is 11.8 Å². The van der Waals surface area contributed by atoms with Gasteiger partial charge in [-0.1, -0.05) is 133 Å². The van der Waals surface area contributed by atoms with Crippen LogP contribution in [0.3, 0.4) is 0 Å². The lowest BCUT2D eigenvalue weighted by Gasteiger charge is -2.18. The van der Waals surface area contributed by atoms with Gasteiger partial charge in [-0.15, -0.1) is 0 Å². The number of rotatable bonds is 19. The summed E-state index contributed by atoms with van der Waals surface area (Å²) in [5.41, 5.74) is 9.55. The van der Waals surface area contributed by atoms with Crippen LogP contribution in [-0.4, -0.2) is 72.3 Å². The van der Waals surface area contributed by atoms with Crippen LogP contribution in [0.4, 0.5) is 11.4 Å². The van der Waals surface area contributed by atoms with Crippen molar-refractivity contribution in [2.24, 2.45) is 0 Å². The number of nitrogens with zero attached hydrogens (tertiary/aromatic N) is 1. The molecule has 1 aliphatic rings. The van der Waals surface area contributed by atoms with Crippen molar-refractivity contribution in [2.45, 2.75) is 53.8 Å². The monoisotopic (exact) mass is 1050 g/mol. The highest BCUT2D eigenvalue weighted by Crippen LogP contribution is 2.47. The third-order valence-corrected chi connectivity index (χ3v) is 12.0. The van der Waals surface area contributed by atoms with Crippen molar-refractivity contribution < 1.29 is 67.4 Å². The topological polar surface area (TPSA) is 228 Å². The van der Waals surface area contributed by atoms with E-state index in [9.17, 15) is 39.0 Å². The van der Waals surface area contributed by atoms with Gasteiger partial charge in [0.05, 0.1) is 56.1 Å². The van der Waals surface area contributed by atoms with E-state index in [0.717, 1.165) is 27.2 Å². The molecule has 0 atom stereocenters. The molecular weight excluding hydrogens is 997 g/mol. The Labute approximate surface area is 450 Å². The maximum absolute atomic E-state index is 13.9. The number of carbonyl (C=O) groups is 6. The highest BCUT2D eigenvalue weighted by Gasteiger charge is 2.43. The van der Waals surface area contributed by atoms with Gasteiger partial charge in [0.2, 0.25) is 0 Å². The molecule has 8 aromatic rings. The fourth-order valence-electron chi connectivity index (χ4n) is 8.62. The van der Waals surface area contributed by atoms with Crippen LogP contribution >= 0.6 is 0 Å². The molecule has 1 heterocycles. The molecule has 0 bridgehead atoms. The Kier molecular flexibility index (Phi) is 19.2. The molecule has 0 saturated heterocycles. The third kappa shape index (κ3) is 13.2. The molecule has 400 valence electrons. The predicted molar refractivity (Wildman–Crippen MR) is 295 cm³/mol. The zero-order valence-electron chi connectivity index (χ0n) is 43.5. The molecule has 0 fully saturated rings. The average Bonchev–Trinajstić information content (AvgIpc) is 3.72. The van der Waals surface area contributed by atoms with Crippen LogP contribution in [0.25, 0.3) is 21.5 Å². The van der Waals surface area contributed by atoms with E-state index in [1.165, 1.54) is 0 Å². The van der Waals surface area contributed by atoms with E-state index >= 15 is 0 Å². The number of carboxylic acid groups (broad SMARTS) is 2. The smallest absolute Gasteiger partial charge is 0.340 e. The molecule has 2 amide bonds. The van der Waals surface area contributed by atoms with Crippen LogP contribution in [0.2, 0.25) is 0 Å². The average molecular weight is 1060 g/mol. The number of carboxylic acids is 2. The van der Waals surface area contributed by atoms with E-state index in [0.29, 0.717) is 70.7 Å². The summed E-state index contributed by atoms with van der Waals surface area (Å²) < 4.78 is 33.4. The van der Waals surface area contributed by atoms with Crippen LogP contribution in [-0.2, 0) is 45.1 Å². The molecule has 78 heavy (non-hydrogen) atoms. The van der Waals surface area contributed by atoms with Crippen LogP contribution in [0, 0.1) is 0 Å². The number of hydrogen-bond donors (Lipinski definition) is 3. The van der Waals surface area contributed by atoms with Gasteiger partial charge in [-0.05, 0) is 74.2 Å². The largest absolute Gasteiger partial charge is 0.492 e. The first kappa shape index (κ1) is 56.0. The quantitative estimate of drug-likeness (QED) is 0.0389. The molecule has 8 aromatic carbocycles. The van der Waals surface area contributed by atoms with Gasteiger partial charge in [-0.3, -0.25) is 19.2 Å². The van der Waals surface area contributed by atoms with Crippen molar-refractivity contribution in [1.82, 2.24) is 0 Å². The van der Waals surface area contributed by atoms with Crippen LogP contribution in [0.1, 0.15) is 91.4 Å². The van der Waals surface area contributed by atoms with E-state index in [2.05, 4.69) is 0 Å². The van der Waals surface area contributed by atoms with Gasteiger partial charge in [-0.2, -0.15) is 0 Å². The Morgan fingerprint density at radius 3 is 1.17 bits per heavy atom. The zero-order valence-corrected chi connectivity index (χ0v) is 43.5. The second kappa shape index (κ2) is 26.7. The first-order valence-corrected chi connectivity index (χ1v) is 25.2.